The van der Waals surface area contributed by atoms with Gasteiger partial charge >= 0.3 is 6.03 Å². The average Bonchev–Trinajstić information content (AvgIpc) is 2.45. The predicted molar refractivity (Wildman–Crippen MR) is 86.8 cm³/mol. The summed E-state index contributed by atoms with van der Waals surface area (Å²) in [4.78, 5) is 12.1. The van der Waals surface area contributed by atoms with E-state index in [0.717, 1.165) is 25.7 Å². The number of carbonyl (C=O) groups is 1. The third-order valence-corrected chi connectivity index (χ3v) is 5.12. The molecule has 0 bridgehead atoms. The number of hydrogen-bond donors (Lipinski definition) is 3. The van der Waals surface area contributed by atoms with Gasteiger partial charge in [0.1, 0.15) is 0 Å². The van der Waals surface area contributed by atoms with Crippen molar-refractivity contribution in [2.24, 2.45) is 5.92 Å². The molecule has 2 rings (SSSR count). The van der Waals surface area contributed by atoms with Gasteiger partial charge in [0, 0.05) is 12.6 Å². The van der Waals surface area contributed by atoms with Crippen molar-refractivity contribution in [2.75, 3.05) is 6.54 Å². The SMILES string of the molecule is CC1CC(NC(=O)NCC(C)(O)C2CCCCC2)CC(C)O1. The number of ether oxygens (including phenoxy) is 1. The molecule has 5 heteroatoms. The van der Waals surface area contributed by atoms with Crippen LogP contribution in [-0.4, -0.2) is 41.5 Å². The number of amides is 2. The van der Waals surface area contributed by atoms with E-state index in [1.165, 1.54) is 19.3 Å². The maximum Gasteiger partial charge on any atom is 0.315 e. The highest BCUT2D eigenvalue weighted by Gasteiger charge is 2.33. The molecule has 1 saturated heterocycles. The molecular weight excluding hydrogens is 280 g/mol. The van der Waals surface area contributed by atoms with Gasteiger partial charge in [-0.2, -0.15) is 0 Å². The first kappa shape index (κ1) is 17.5. The normalized spacial score (nSPS) is 33.0. The van der Waals surface area contributed by atoms with Gasteiger partial charge in [0.2, 0.25) is 0 Å². The smallest absolute Gasteiger partial charge is 0.315 e. The van der Waals surface area contributed by atoms with Crippen LogP contribution in [-0.2, 0) is 4.74 Å². The molecule has 0 aromatic carbocycles. The Labute approximate surface area is 134 Å². The van der Waals surface area contributed by atoms with E-state index in [4.69, 9.17) is 4.74 Å². The van der Waals surface area contributed by atoms with Gasteiger partial charge in [-0.25, -0.2) is 4.79 Å². The lowest BCUT2D eigenvalue weighted by Crippen LogP contribution is -2.52. The zero-order chi connectivity index (χ0) is 16.2. The Bertz CT molecular complexity index is 357. The van der Waals surface area contributed by atoms with E-state index >= 15 is 0 Å². The third kappa shape index (κ3) is 5.13. The Morgan fingerprint density at radius 3 is 2.36 bits per heavy atom. The van der Waals surface area contributed by atoms with Crippen LogP contribution < -0.4 is 10.6 Å². The highest BCUT2D eigenvalue weighted by molar-refractivity contribution is 5.74. The Morgan fingerprint density at radius 1 is 1.18 bits per heavy atom. The maximum absolute atomic E-state index is 12.1. The van der Waals surface area contributed by atoms with E-state index in [1.807, 2.05) is 20.8 Å². The van der Waals surface area contributed by atoms with Crippen molar-refractivity contribution in [1.82, 2.24) is 10.6 Å². The van der Waals surface area contributed by atoms with Crippen LogP contribution in [0.5, 0.6) is 0 Å². The molecule has 2 amide bonds. The van der Waals surface area contributed by atoms with Crippen molar-refractivity contribution >= 4 is 6.03 Å². The van der Waals surface area contributed by atoms with Crippen LogP contribution in [0.2, 0.25) is 0 Å². The zero-order valence-corrected chi connectivity index (χ0v) is 14.2. The first-order valence-corrected chi connectivity index (χ1v) is 8.79. The number of urea groups is 1. The molecule has 2 fully saturated rings. The maximum atomic E-state index is 12.1. The molecule has 1 saturated carbocycles. The Hall–Kier alpha value is -0.810. The highest BCUT2D eigenvalue weighted by atomic mass is 16.5. The van der Waals surface area contributed by atoms with Crippen LogP contribution in [0.25, 0.3) is 0 Å². The topological polar surface area (TPSA) is 70.6 Å². The van der Waals surface area contributed by atoms with Crippen LogP contribution in [0.15, 0.2) is 0 Å². The van der Waals surface area contributed by atoms with Crippen LogP contribution in [0.4, 0.5) is 4.79 Å². The molecule has 0 spiro atoms. The van der Waals surface area contributed by atoms with Crippen molar-refractivity contribution < 1.29 is 14.6 Å². The summed E-state index contributed by atoms with van der Waals surface area (Å²) in [5.41, 5.74) is -0.811. The number of rotatable bonds is 4. The fraction of sp³-hybridized carbons (Fsp3) is 0.941. The lowest BCUT2D eigenvalue weighted by molar-refractivity contribution is -0.0406. The van der Waals surface area contributed by atoms with E-state index in [1.54, 1.807) is 0 Å². The van der Waals surface area contributed by atoms with Gasteiger partial charge < -0.3 is 20.5 Å². The Balaban J connectivity index is 1.74. The summed E-state index contributed by atoms with van der Waals surface area (Å²) in [5, 5.41) is 16.5. The summed E-state index contributed by atoms with van der Waals surface area (Å²) in [5.74, 6) is 0.296. The molecule has 3 unspecified atom stereocenters. The number of nitrogens with one attached hydrogen (secondary N) is 2. The summed E-state index contributed by atoms with van der Waals surface area (Å²) in [6.45, 7) is 6.24. The minimum Gasteiger partial charge on any atom is -0.388 e. The fourth-order valence-electron chi connectivity index (χ4n) is 3.89. The molecule has 0 radical (unpaired) electrons. The van der Waals surface area contributed by atoms with Crippen LogP contribution in [0, 0.1) is 5.92 Å². The van der Waals surface area contributed by atoms with Gasteiger partial charge in [0.15, 0.2) is 0 Å². The van der Waals surface area contributed by atoms with Crippen molar-refractivity contribution in [3.63, 3.8) is 0 Å². The van der Waals surface area contributed by atoms with Gasteiger partial charge in [-0.05, 0) is 52.4 Å². The summed E-state index contributed by atoms with van der Waals surface area (Å²) in [6, 6.07) is -0.0271. The lowest BCUT2D eigenvalue weighted by Gasteiger charge is -2.36. The second-order valence-electron chi connectivity index (χ2n) is 7.44. The summed E-state index contributed by atoms with van der Waals surface area (Å²) in [7, 11) is 0. The molecular formula is C17H32N2O3. The highest BCUT2D eigenvalue weighted by Crippen LogP contribution is 2.32. The first-order valence-electron chi connectivity index (χ1n) is 8.79. The largest absolute Gasteiger partial charge is 0.388 e. The Kier molecular flexibility index (Phi) is 6.09. The second kappa shape index (κ2) is 7.64. The van der Waals surface area contributed by atoms with Crippen LogP contribution >= 0.6 is 0 Å². The average molecular weight is 312 g/mol. The molecule has 1 aliphatic heterocycles. The van der Waals surface area contributed by atoms with Crippen LogP contribution in [0.3, 0.4) is 0 Å². The minimum atomic E-state index is -0.811. The van der Waals surface area contributed by atoms with E-state index in [-0.39, 0.29) is 24.3 Å². The van der Waals surface area contributed by atoms with E-state index in [9.17, 15) is 9.90 Å². The van der Waals surface area contributed by atoms with E-state index in [0.29, 0.717) is 12.5 Å². The van der Waals surface area contributed by atoms with Gasteiger partial charge in [0.05, 0.1) is 17.8 Å². The Morgan fingerprint density at radius 2 is 1.77 bits per heavy atom. The summed E-state index contributed by atoms with van der Waals surface area (Å²) < 4.78 is 5.68. The molecule has 22 heavy (non-hydrogen) atoms. The summed E-state index contributed by atoms with van der Waals surface area (Å²) in [6.07, 6.45) is 7.80. The fourth-order valence-corrected chi connectivity index (χ4v) is 3.89. The molecule has 3 N–H and O–H groups in total. The number of carbonyl (C=O) groups excluding carboxylic acids is 1. The quantitative estimate of drug-likeness (QED) is 0.747. The van der Waals surface area contributed by atoms with Crippen molar-refractivity contribution in [3.8, 4) is 0 Å². The molecule has 2 aliphatic rings. The predicted octanol–water partition coefficient (Wildman–Crippen LogP) is 2.57. The van der Waals surface area contributed by atoms with E-state index < -0.39 is 5.60 Å². The van der Waals surface area contributed by atoms with Gasteiger partial charge in [-0.3, -0.25) is 0 Å². The molecule has 1 heterocycles. The molecule has 3 atom stereocenters. The van der Waals surface area contributed by atoms with Crippen molar-refractivity contribution in [1.29, 1.82) is 0 Å². The first-order chi connectivity index (χ1) is 10.4. The van der Waals surface area contributed by atoms with E-state index in [2.05, 4.69) is 10.6 Å². The molecule has 0 aromatic rings. The van der Waals surface area contributed by atoms with Crippen molar-refractivity contribution in [2.45, 2.75) is 89.6 Å². The minimum absolute atomic E-state index is 0.151. The number of hydrogen-bond acceptors (Lipinski definition) is 3. The third-order valence-electron chi connectivity index (χ3n) is 5.12. The van der Waals surface area contributed by atoms with Gasteiger partial charge in [-0.15, -0.1) is 0 Å². The second-order valence-corrected chi connectivity index (χ2v) is 7.44. The van der Waals surface area contributed by atoms with Gasteiger partial charge in [0.25, 0.3) is 0 Å². The monoisotopic (exact) mass is 312 g/mol. The van der Waals surface area contributed by atoms with Gasteiger partial charge in [-0.1, -0.05) is 19.3 Å². The van der Waals surface area contributed by atoms with Crippen LogP contribution in [0.1, 0.15) is 65.7 Å². The molecule has 5 nitrogen and oxygen atoms in total. The molecule has 0 aromatic heterocycles. The molecule has 1 aliphatic carbocycles. The molecule has 128 valence electrons. The van der Waals surface area contributed by atoms with Crippen molar-refractivity contribution in [3.05, 3.63) is 0 Å². The number of aliphatic hydroxyl groups is 1. The summed E-state index contributed by atoms with van der Waals surface area (Å²) >= 11 is 0. The zero-order valence-electron chi connectivity index (χ0n) is 14.2. The lowest BCUT2D eigenvalue weighted by atomic mass is 9.78. The standard InChI is InChI=1S/C17H32N2O3/c1-12-9-15(10-13(2)22-12)19-16(20)18-11-17(3,21)14-7-5-4-6-8-14/h12-15,21H,4-11H2,1-3H3,(H2,18,19,20).